The Morgan fingerprint density at radius 1 is 1.37 bits per heavy atom. The maximum atomic E-state index is 10.0. The molecule has 2 aromatic heterocycles. The van der Waals surface area contributed by atoms with Crippen molar-refractivity contribution in [1.29, 1.82) is 0 Å². The van der Waals surface area contributed by atoms with E-state index in [0.29, 0.717) is 11.6 Å². The molecule has 0 bridgehead atoms. The van der Waals surface area contributed by atoms with Crippen molar-refractivity contribution >= 4 is 17.3 Å². The summed E-state index contributed by atoms with van der Waals surface area (Å²) < 4.78 is 1.85. The number of aliphatic hydroxyl groups is 1. The zero-order valence-corrected chi connectivity index (χ0v) is 10.6. The fourth-order valence-corrected chi connectivity index (χ4v) is 2.55. The van der Waals surface area contributed by atoms with Gasteiger partial charge in [0.2, 0.25) is 0 Å². The number of nitrogens with zero attached hydrogens (tertiary/aromatic N) is 3. The van der Waals surface area contributed by atoms with Gasteiger partial charge < -0.3 is 20.2 Å². The SMILES string of the molecule is NNc1cn2ccnc2c(NC2CCCCC2O)n1. The molecule has 1 saturated carbocycles. The van der Waals surface area contributed by atoms with Crippen LogP contribution in [0, 0.1) is 0 Å². The van der Waals surface area contributed by atoms with E-state index in [1.165, 1.54) is 0 Å². The van der Waals surface area contributed by atoms with Crippen LogP contribution in [-0.4, -0.2) is 31.6 Å². The van der Waals surface area contributed by atoms with Gasteiger partial charge in [0, 0.05) is 12.4 Å². The van der Waals surface area contributed by atoms with Crippen LogP contribution in [0.3, 0.4) is 0 Å². The molecular weight excluding hydrogens is 244 g/mol. The van der Waals surface area contributed by atoms with E-state index in [1.807, 2.05) is 10.6 Å². The third-order valence-electron chi connectivity index (χ3n) is 3.57. The molecule has 0 radical (unpaired) electrons. The van der Waals surface area contributed by atoms with Crippen molar-refractivity contribution in [1.82, 2.24) is 14.4 Å². The van der Waals surface area contributed by atoms with Crippen LogP contribution < -0.4 is 16.6 Å². The van der Waals surface area contributed by atoms with Crippen LogP contribution in [0.4, 0.5) is 11.6 Å². The summed E-state index contributed by atoms with van der Waals surface area (Å²) in [6, 6.07) is 0.0229. The third-order valence-corrected chi connectivity index (χ3v) is 3.57. The van der Waals surface area contributed by atoms with Gasteiger partial charge in [0.15, 0.2) is 17.3 Å². The number of hydrogen-bond donors (Lipinski definition) is 4. The summed E-state index contributed by atoms with van der Waals surface area (Å²) in [4.78, 5) is 8.65. The smallest absolute Gasteiger partial charge is 0.180 e. The molecule has 2 heterocycles. The number of hydrogen-bond acceptors (Lipinski definition) is 6. The molecule has 0 saturated heterocycles. The molecule has 19 heavy (non-hydrogen) atoms. The summed E-state index contributed by atoms with van der Waals surface area (Å²) in [5.74, 6) is 6.61. The summed E-state index contributed by atoms with van der Waals surface area (Å²) in [5, 5.41) is 13.3. The maximum Gasteiger partial charge on any atom is 0.180 e. The van der Waals surface area contributed by atoms with E-state index in [4.69, 9.17) is 5.84 Å². The quantitative estimate of drug-likeness (QED) is 0.480. The van der Waals surface area contributed by atoms with Crippen LogP contribution >= 0.6 is 0 Å². The van der Waals surface area contributed by atoms with Crippen molar-refractivity contribution in [3.05, 3.63) is 18.6 Å². The fraction of sp³-hybridized carbons (Fsp3) is 0.500. The second-order valence-corrected chi connectivity index (χ2v) is 4.88. The van der Waals surface area contributed by atoms with Crippen molar-refractivity contribution < 1.29 is 5.11 Å². The van der Waals surface area contributed by atoms with Crippen LogP contribution in [0.15, 0.2) is 18.6 Å². The second kappa shape index (κ2) is 5.02. The molecule has 2 aromatic rings. The van der Waals surface area contributed by atoms with Crippen LogP contribution in [0.1, 0.15) is 25.7 Å². The molecule has 1 aliphatic carbocycles. The van der Waals surface area contributed by atoms with Crippen molar-refractivity contribution in [3.63, 3.8) is 0 Å². The van der Waals surface area contributed by atoms with Crippen molar-refractivity contribution in [2.45, 2.75) is 37.8 Å². The normalized spacial score (nSPS) is 23.5. The molecule has 5 N–H and O–H groups in total. The number of nitrogens with two attached hydrogens (primary N) is 1. The van der Waals surface area contributed by atoms with Crippen molar-refractivity contribution in [2.24, 2.45) is 5.84 Å². The zero-order valence-electron chi connectivity index (χ0n) is 10.6. The Kier molecular flexibility index (Phi) is 3.22. The van der Waals surface area contributed by atoms with E-state index in [1.54, 1.807) is 12.4 Å². The minimum atomic E-state index is -0.333. The highest BCUT2D eigenvalue weighted by atomic mass is 16.3. The van der Waals surface area contributed by atoms with Gasteiger partial charge in [-0.1, -0.05) is 12.8 Å². The Bertz CT molecular complexity index is 568. The van der Waals surface area contributed by atoms with Gasteiger partial charge >= 0.3 is 0 Å². The summed E-state index contributed by atoms with van der Waals surface area (Å²) in [6.07, 6.45) is 8.95. The number of nitrogens with one attached hydrogen (secondary N) is 2. The molecule has 0 amide bonds. The van der Waals surface area contributed by atoms with Gasteiger partial charge in [0.25, 0.3) is 0 Å². The van der Waals surface area contributed by atoms with Gasteiger partial charge in [-0.25, -0.2) is 15.8 Å². The van der Waals surface area contributed by atoms with Gasteiger partial charge in [0.1, 0.15) is 0 Å². The number of anilines is 2. The topological polar surface area (TPSA) is 100 Å². The van der Waals surface area contributed by atoms with Crippen molar-refractivity contribution in [3.8, 4) is 0 Å². The van der Waals surface area contributed by atoms with Gasteiger partial charge in [-0.15, -0.1) is 0 Å². The largest absolute Gasteiger partial charge is 0.391 e. The Hall–Kier alpha value is -1.86. The summed E-state index contributed by atoms with van der Waals surface area (Å²) in [6.45, 7) is 0. The van der Waals surface area contributed by atoms with Gasteiger partial charge in [0.05, 0.1) is 18.3 Å². The van der Waals surface area contributed by atoms with Crippen LogP contribution in [0.5, 0.6) is 0 Å². The molecule has 102 valence electrons. The van der Waals surface area contributed by atoms with Gasteiger partial charge in [-0.3, -0.25) is 0 Å². The summed E-state index contributed by atoms with van der Waals surface area (Å²) >= 11 is 0. The Balaban J connectivity index is 1.92. The first kappa shape index (κ1) is 12.2. The minimum absolute atomic E-state index is 0.0229. The van der Waals surface area contributed by atoms with Crippen LogP contribution in [0.25, 0.3) is 5.65 Å². The average molecular weight is 262 g/mol. The third kappa shape index (κ3) is 2.34. The number of fused-ring (bicyclic) bond motifs is 1. The second-order valence-electron chi connectivity index (χ2n) is 4.88. The molecule has 1 aliphatic rings. The molecule has 0 aliphatic heterocycles. The Morgan fingerprint density at radius 2 is 2.21 bits per heavy atom. The Morgan fingerprint density at radius 3 is 3.00 bits per heavy atom. The number of hydrazine groups is 1. The predicted octanol–water partition coefficient (Wildman–Crippen LogP) is 0.730. The number of nitrogen functional groups attached to an aromatic ring is 1. The molecule has 2 unspecified atom stereocenters. The van der Waals surface area contributed by atoms with Crippen molar-refractivity contribution in [2.75, 3.05) is 10.7 Å². The zero-order chi connectivity index (χ0) is 13.2. The molecule has 3 rings (SSSR count). The maximum absolute atomic E-state index is 10.0. The van der Waals surface area contributed by atoms with Gasteiger partial charge in [-0.2, -0.15) is 0 Å². The molecule has 7 nitrogen and oxygen atoms in total. The standard InChI is InChI=1S/C12H18N6O/c13-17-10-7-18-6-5-14-12(18)11(16-10)15-8-3-1-2-4-9(8)19/h5-9,17,19H,1-4,13H2,(H,15,16). The highest BCUT2D eigenvalue weighted by Gasteiger charge is 2.24. The first-order chi connectivity index (χ1) is 9.28. The lowest BCUT2D eigenvalue weighted by atomic mass is 9.93. The Labute approximate surface area is 110 Å². The van der Waals surface area contributed by atoms with E-state index >= 15 is 0 Å². The van der Waals surface area contributed by atoms with E-state index in [0.717, 1.165) is 31.3 Å². The van der Waals surface area contributed by atoms with E-state index in [9.17, 15) is 5.11 Å². The highest BCUT2D eigenvalue weighted by molar-refractivity contribution is 5.65. The first-order valence-electron chi connectivity index (χ1n) is 6.53. The van der Waals surface area contributed by atoms with Gasteiger partial charge in [-0.05, 0) is 12.8 Å². The first-order valence-corrected chi connectivity index (χ1v) is 6.53. The fourth-order valence-electron chi connectivity index (χ4n) is 2.55. The molecule has 1 fully saturated rings. The minimum Gasteiger partial charge on any atom is -0.391 e. The lowest BCUT2D eigenvalue weighted by Crippen LogP contribution is -2.36. The molecule has 7 heteroatoms. The lowest BCUT2D eigenvalue weighted by Gasteiger charge is -2.28. The number of rotatable bonds is 3. The number of imidazole rings is 1. The highest BCUT2D eigenvalue weighted by Crippen LogP contribution is 2.24. The molecule has 2 atom stereocenters. The van der Waals surface area contributed by atoms with E-state index in [2.05, 4.69) is 20.7 Å². The number of aliphatic hydroxyl groups excluding tert-OH is 1. The number of aromatic nitrogens is 3. The average Bonchev–Trinajstić information content (AvgIpc) is 2.89. The van der Waals surface area contributed by atoms with E-state index in [-0.39, 0.29) is 12.1 Å². The monoisotopic (exact) mass is 262 g/mol. The summed E-state index contributed by atoms with van der Waals surface area (Å²) in [7, 11) is 0. The molecule has 0 aromatic carbocycles. The van der Waals surface area contributed by atoms with Crippen LogP contribution in [-0.2, 0) is 0 Å². The lowest BCUT2D eigenvalue weighted by molar-refractivity contribution is 0.116. The molecular formula is C12H18N6O. The van der Waals surface area contributed by atoms with E-state index < -0.39 is 0 Å². The predicted molar refractivity (Wildman–Crippen MR) is 72.7 cm³/mol. The van der Waals surface area contributed by atoms with Crippen LogP contribution in [0.2, 0.25) is 0 Å². The summed E-state index contributed by atoms with van der Waals surface area (Å²) in [5.41, 5.74) is 3.27. The molecule has 0 spiro atoms.